The Morgan fingerprint density at radius 1 is 1.09 bits per heavy atom. The summed E-state index contributed by atoms with van der Waals surface area (Å²) in [6.07, 6.45) is 3.83. The van der Waals surface area contributed by atoms with Crippen LogP contribution in [-0.2, 0) is 0 Å². The van der Waals surface area contributed by atoms with Gasteiger partial charge in [-0.3, -0.25) is 4.79 Å². The van der Waals surface area contributed by atoms with Crippen LogP contribution < -0.4 is 11.1 Å². The van der Waals surface area contributed by atoms with Crippen molar-refractivity contribution in [1.82, 2.24) is 5.32 Å². The van der Waals surface area contributed by atoms with Crippen LogP contribution in [0.5, 0.6) is 0 Å². The number of halogens is 1. The fourth-order valence-corrected chi connectivity index (χ4v) is 3.66. The van der Waals surface area contributed by atoms with Gasteiger partial charge >= 0.3 is 0 Å². The number of nitrogens with two attached hydrogens (primary N) is 1. The van der Waals surface area contributed by atoms with Crippen LogP contribution in [0.25, 0.3) is 10.4 Å². The number of carbonyl (C=O) groups is 1. The zero-order valence-electron chi connectivity index (χ0n) is 12.2. The molecule has 1 fully saturated rings. The van der Waals surface area contributed by atoms with Crippen LogP contribution in [0.1, 0.15) is 35.4 Å². The molecule has 1 saturated carbocycles. The number of rotatable bonds is 3. The van der Waals surface area contributed by atoms with Crippen molar-refractivity contribution >= 4 is 17.2 Å². The number of carbonyl (C=O) groups excluding carboxylic acids is 1. The molecule has 116 valence electrons. The Kier molecular flexibility index (Phi) is 4.55. The third kappa shape index (κ3) is 3.54. The Balaban J connectivity index is 1.65. The Morgan fingerprint density at radius 3 is 2.45 bits per heavy atom. The van der Waals surface area contributed by atoms with Gasteiger partial charge in [0.1, 0.15) is 5.82 Å². The van der Waals surface area contributed by atoms with E-state index < -0.39 is 0 Å². The van der Waals surface area contributed by atoms with Gasteiger partial charge in [0.05, 0.1) is 4.88 Å². The maximum Gasteiger partial charge on any atom is 0.261 e. The maximum atomic E-state index is 13.0. The van der Waals surface area contributed by atoms with Crippen LogP contribution >= 0.6 is 11.3 Å². The van der Waals surface area contributed by atoms with Gasteiger partial charge in [-0.1, -0.05) is 12.1 Å². The van der Waals surface area contributed by atoms with E-state index in [1.165, 1.54) is 23.5 Å². The molecule has 0 radical (unpaired) electrons. The lowest BCUT2D eigenvalue weighted by Gasteiger charge is -2.26. The Hall–Kier alpha value is -1.72. The summed E-state index contributed by atoms with van der Waals surface area (Å²) in [7, 11) is 0. The molecule has 1 amide bonds. The lowest BCUT2D eigenvalue weighted by Crippen LogP contribution is -2.40. The molecule has 22 heavy (non-hydrogen) atoms. The highest BCUT2D eigenvalue weighted by atomic mass is 32.1. The molecule has 3 rings (SSSR count). The third-order valence-corrected chi connectivity index (χ3v) is 5.20. The Bertz CT molecular complexity index is 645. The van der Waals surface area contributed by atoms with Crippen LogP contribution in [-0.4, -0.2) is 18.0 Å². The molecule has 0 saturated heterocycles. The topological polar surface area (TPSA) is 55.1 Å². The number of hydrogen-bond acceptors (Lipinski definition) is 3. The molecule has 3 nitrogen and oxygen atoms in total. The van der Waals surface area contributed by atoms with E-state index in [-0.39, 0.29) is 23.8 Å². The van der Waals surface area contributed by atoms with E-state index in [1.54, 1.807) is 12.1 Å². The van der Waals surface area contributed by atoms with E-state index in [9.17, 15) is 9.18 Å². The predicted molar refractivity (Wildman–Crippen MR) is 87.4 cm³/mol. The van der Waals surface area contributed by atoms with Gasteiger partial charge in [-0.05, 0) is 55.5 Å². The minimum Gasteiger partial charge on any atom is -0.349 e. The van der Waals surface area contributed by atoms with Gasteiger partial charge in [-0.2, -0.15) is 0 Å². The molecular weight excluding hydrogens is 299 g/mol. The molecule has 2 aromatic rings. The highest BCUT2D eigenvalue weighted by molar-refractivity contribution is 7.17. The lowest BCUT2D eigenvalue weighted by molar-refractivity contribution is 0.0930. The van der Waals surface area contributed by atoms with Crippen LogP contribution in [0.15, 0.2) is 36.4 Å². The smallest absolute Gasteiger partial charge is 0.261 e. The largest absolute Gasteiger partial charge is 0.349 e. The molecule has 1 heterocycles. The highest BCUT2D eigenvalue weighted by Crippen LogP contribution is 2.28. The fraction of sp³-hybridized carbons (Fsp3) is 0.353. The van der Waals surface area contributed by atoms with Gasteiger partial charge in [0.15, 0.2) is 0 Å². The summed E-state index contributed by atoms with van der Waals surface area (Å²) in [4.78, 5) is 14.0. The normalized spacial score (nSPS) is 21.5. The average Bonchev–Trinajstić information content (AvgIpc) is 3.00. The molecule has 5 heteroatoms. The SMILES string of the molecule is NC1CCC(NC(=O)c2ccc(-c3ccc(F)cc3)s2)CC1. The second kappa shape index (κ2) is 6.58. The van der Waals surface area contributed by atoms with Crippen molar-refractivity contribution in [2.45, 2.75) is 37.8 Å². The fourth-order valence-electron chi connectivity index (χ4n) is 2.75. The summed E-state index contributed by atoms with van der Waals surface area (Å²) in [6, 6.07) is 10.6. The minimum atomic E-state index is -0.256. The van der Waals surface area contributed by atoms with E-state index in [0.29, 0.717) is 4.88 Å². The van der Waals surface area contributed by atoms with E-state index >= 15 is 0 Å². The Morgan fingerprint density at radius 2 is 1.77 bits per heavy atom. The van der Waals surface area contributed by atoms with Crippen molar-refractivity contribution in [2.75, 3.05) is 0 Å². The van der Waals surface area contributed by atoms with Crippen LogP contribution in [0, 0.1) is 5.82 Å². The summed E-state index contributed by atoms with van der Waals surface area (Å²) in [5.74, 6) is -0.285. The van der Waals surface area contributed by atoms with Gasteiger partial charge in [0, 0.05) is 17.0 Å². The van der Waals surface area contributed by atoms with E-state index in [4.69, 9.17) is 5.73 Å². The second-order valence-corrected chi connectivity index (χ2v) is 6.84. The standard InChI is InChI=1S/C17H19FN2OS/c18-12-3-1-11(2-4-12)15-9-10-16(22-15)17(21)20-14-7-5-13(19)6-8-14/h1-4,9-10,13-14H,5-8,19H2,(H,20,21). The van der Waals surface area contributed by atoms with Crippen molar-refractivity contribution < 1.29 is 9.18 Å². The quantitative estimate of drug-likeness (QED) is 0.909. The van der Waals surface area contributed by atoms with Gasteiger partial charge in [-0.15, -0.1) is 11.3 Å². The van der Waals surface area contributed by atoms with E-state index in [1.807, 2.05) is 12.1 Å². The third-order valence-electron chi connectivity index (χ3n) is 4.07. The van der Waals surface area contributed by atoms with Crippen LogP contribution in [0.2, 0.25) is 0 Å². The molecule has 0 spiro atoms. The van der Waals surface area contributed by atoms with E-state index in [0.717, 1.165) is 36.1 Å². The molecule has 0 aliphatic heterocycles. The first-order chi connectivity index (χ1) is 10.6. The van der Waals surface area contributed by atoms with E-state index in [2.05, 4.69) is 5.32 Å². The van der Waals surface area contributed by atoms with Crippen LogP contribution in [0.4, 0.5) is 4.39 Å². The van der Waals surface area contributed by atoms with Crippen molar-refractivity contribution in [3.8, 4) is 10.4 Å². The number of amides is 1. The average molecular weight is 318 g/mol. The number of benzene rings is 1. The highest BCUT2D eigenvalue weighted by Gasteiger charge is 2.21. The maximum absolute atomic E-state index is 13.0. The summed E-state index contributed by atoms with van der Waals surface area (Å²) < 4.78 is 13.0. The molecule has 1 aromatic heterocycles. The molecule has 0 bridgehead atoms. The first-order valence-corrected chi connectivity index (χ1v) is 8.35. The molecule has 1 aliphatic rings. The van der Waals surface area contributed by atoms with Gasteiger partial charge < -0.3 is 11.1 Å². The van der Waals surface area contributed by atoms with Gasteiger partial charge in [0.2, 0.25) is 0 Å². The summed E-state index contributed by atoms with van der Waals surface area (Å²) in [5, 5.41) is 3.09. The van der Waals surface area contributed by atoms with Crippen molar-refractivity contribution in [3.05, 3.63) is 47.1 Å². The van der Waals surface area contributed by atoms with Crippen molar-refractivity contribution in [2.24, 2.45) is 5.73 Å². The first-order valence-electron chi connectivity index (χ1n) is 7.54. The predicted octanol–water partition coefficient (Wildman–Crippen LogP) is 3.55. The summed E-state index contributed by atoms with van der Waals surface area (Å²) in [5.41, 5.74) is 6.80. The molecule has 3 N–H and O–H groups in total. The van der Waals surface area contributed by atoms with Crippen molar-refractivity contribution in [3.63, 3.8) is 0 Å². The zero-order valence-corrected chi connectivity index (χ0v) is 13.0. The molecule has 0 atom stereocenters. The first kappa shape index (κ1) is 15.2. The van der Waals surface area contributed by atoms with Gasteiger partial charge in [-0.25, -0.2) is 4.39 Å². The molecule has 1 aromatic carbocycles. The van der Waals surface area contributed by atoms with Gasteiger partial charge in [0.25, 0.3) is 5.91 Å². The zero-order chi connectivity index (χ0) is 15.5. The number of hydrogen-bond donors (Lipinski definition) is 2. The van der Waals surface area contributed by atoms with Crippen LogP contribution in [0.3, 0.4) is 0 Å². The minimum absolute atomic E-state index is 0.0289. The molecule has 0 unspecified atom stereocenters. The second-order valence-electron chi connectivity index (χ2n) is 5.76. The Labute approximate surface area is 133 Å². The summed E-state index contributed by atoms with van der Waals surface area (Å²) in [6.45, 7) is 0. The monoisotopic (exact) mass is 318 g/mol. The molecular formula is C17H19FN2OS. The molecule has 1 aliphatic carbocycles. The van der Waals surface area contributed by atoms with Crippen molar-refractivity contribution in [1.29, 1.82) is 0 Å². The number of nitrogens with one attached hydrogen (secondary N) is 1. The number of thiophene rings is 1. The summed E-state index contributed by atoms with van der Waals surface area (Å²) >= 11 is 1.43. The lowest BCUT2D eigenvalue weighted by atomic mass is 9.92.